The van der Waals surface area contributed by atoms with Gasteiger partial charge in [-0.25, -0.2) is 9.37 Å². The number of aromatic nitrogens is 2. The molecule has 4 atom stereocenters. The molecule has 1 aromatic heterocycles. The minimum Gasteiger partial charge on any atom is -0.378 e. The van der Waals surface area contributed by atoms with Gasteiger partial charge in [-0.15, -0.1) is 0 Å². The van der Waals surface area contributed by atoms with Gasteiger partial charge >= 0.3 is 0 Å². The van der Waals surface area contributed by atoms with Crippen molar-refractivity contribution in [3.63, 3.8) is 0 Å². The molecule has 1 N–H and O–H groups in total. The first-order chi connectivity index (χ1) is 22.4. The van der Waals surface area contributed by atoms with Gasteiger partial charge in [0.25, 0.3) is 5.91 Å². The summed E-state index contributed by atoms with van der Waals surface area (Å²) in [6, 6.07) is 16.2. The molecule has 1 aliphatic carbocycles. The number of rotatable bonds is 4. The highest BCUT2D eigenvalue weighted by Crippen LogP contribution is 2.64. The highest BCUT2D eigenvalue weighted by Gasteiger charge is 2.69. The lowest BCUT2D eigenvalue weighted by Crippen LogP contribution is -2.53. The largest absolute Gasteiger partial charge is 0.378 e. The first-order valence-corrected chi connectivity index (χ1v) is 16.8. The van der Waals surface area contributed by atoms with Gasteiger partial charge in [-0.05, 0) is 67.1 Å². The van der Waals surface area contributed by atoms with Crippen molar-refractivity contribution in [2.75, 3.05) is 38.2 Å². The number of morpholine rings is 1. The molecule has 9 rings (SSSR count). The van der Waals surface area contributed by atoms with E-state index < -0.39 is 17.3 Å². The number of nitrogens with one attached hydrogen (secondary N) is 1. The molecule has 3 fully saturated rings. The molecular formula is C35H32Cl2FN5O3. The second-order valence-electron chi connectivity index (χ2n) is 13.2. The molecule has 5 heterocycles. The lowest BCUT2D eigenvalue weighted by Gasteiger charge is -2.40. The molecular weight excluding hydrogens is 628 g/mol. The molecule has 46 heavy (non-hydrogen) atoms. The molecule has 4 aliphatic heterocycles. The molecule has 8 nitrogen and oxygen atoms in total. The number of amides is 2. The van der Waals surface area contributed by atoms with Crippen molar-refractivity contribution in [1.29, 1.82) is 0 Å². The van der Waals surface area contributed by atoms with E-state index in [1.165, 1.54) is 0 Å². The average molecular weight is 661 g/mol. The Morgan fingerprint density at radius 3 is 2.67 bits per heavy atom. The molecule has 5 aliphatic rings. The summed E-state index contributed by atoms with van der Waals surface area (Å²) >= 11 is 12.9. The molecule has 0 unspecified atom stereocenters. The first-order valence-electron chi connectivity index (χ1n) is 16.1. The molecule has 0 bridgehead atoms. The maximum absolute atomic E-state index is 16.3. The third-order valence-electron chi connectivity index (χ3n) is 10.8. The molecule has 1 saturated carbocycles. The minimum absolute atomic E-state index is 0.0233. The van der Waals surface area contributed by atoms with Gasteiger partial charge in [0.15, 0.2) is 0 Å². The number of benzene rings is 3. The van der Waals surface area contributed by atoms with Crippen LogP contribution in [-0.2, 0) is 21.6 Å². The predicted octanol–water partition coefficient (Wildman–Crippen LogP) is 6.17. The van der Waals surface area contributed by atoms with Gasteiger partial charge in [0.05, 0.1) is 29.3 Å². The van der Waals surface area contributed by atoms with Crippen molar-refractivity contribution in [2.45, 2.75) is 49.2 Å². The van der Waals surface area contributed by atoms with Crippen molar-refractivity contribution in [3.8, 4) is 0 Å². The quantitative estimate of drug-likeness (QED) is 0.284. The number of halogens is 3. The number of hydrogen-bond acceptors (Lipinski definition) is 5. The standard InChI is InChI=1S/C35H32Cl2FN5O3/c36-21-7-8-23-25(17-21)40-34(45)35(23)30(22-2-1-3-24(37)31(22)38)29-28(43(35)18-19-4-5-19)10-11-42-27-9-6-20(16-26(27)39-32(29)42)33(44)41-12-14-46-15-13-41/h1-3,6-9,16-17,19,28-30H,4-5,10-15,18H2,(H,40,45)/t28-,29+,30-,35+/m0/s1. The summed E-state index contributed by atoms with van der Waals surface area (Å²) < 4.78 is 24.0. The predicted molar refractivity (Wildman–Crippen MR) is 173 cm³/mol. The summed E-state index contributed by atoms with van der Waals surface area (Å²) in [4.78, 5) is 37.4. The summed E-state index contributed by atoms with van der Waals surface area (Å²) in [5.74, 6) is -0.395. The Morgan fingerprint density at radius 2 is 1.87 bits per heavy atom. The van der Waals surface area contributed by atoms with E-state index in [2.05, 4.69) is 14.8 Å². The second-order valence-corrected chi connectivity index (χ2v) is 14.1. The van der Waals surface area contributed by atoms with E-state index in [4.69, 9.17) is 32.9 Å². The highest BCUT2D eigenvalue weighted by molar-refractivity contribution is 6.31. The molecule has 4 aromatic rings. The van der Waals surface area contributed by atoms with Crippen LogP contribution in [-0.4, -0.2) is 70.1 Å². The smallest absolute Gasteiger partial charge is 0.254 e. The maximum Gasteiger partial charge on any atom is 0.254 e. The second kappa shape index (κ2) is 10.5. The molecule has 2 saturated heterocycles. The van der Waals surface area contributed by atoms with Crippen LogP contribution in [0.3, 0.4) is 0 Å². The molecule has 11 heteroatoms. The number of imidazole rings is 1. The van der Waals surface area contributed by atoms with E-state index in [-0.39, 0.29) is 28.8 Å². The number of ether oxygens (including phenoxy) is 1. The fourth-order valence-corrected chi connectivity index (χ4v) is 9.03. The molecule has 0 radical (unpaired) electrons. The number of nitrogens with zero attached hydrogens (tertiary/aromatic N) is 4. The SMILES string of the molecule is O=C(c1ccc2c(c1)nc1n2CC[C@H]2[C@@H]1[C@H](c1cccc(Cl)c1F)[C@]1(C(=O)Nc3cc(Cl)ccc31)N2CC1CC1)N1CCOCC1. The first kappa shape index (κ1) is 28.7. The van der Waals surface area contributed by atoms with Crippen LogP contribution in [0.4, 0.5) is 10.1 Å². The van der Waals surface area contributed by atoms with E-state index in [1.54, 1.807) is 24.3 Å². The lowest BCUT2D eigenvalue weighted by molar-refractivity contribution is -0.128. The number of anilines is 1. The Morgan fingerprint density at radius 1 is 1.04 bits per heavy atom. The van der Waals surface area contributed by atoms with Crippen LogP contribution in [0.5, 0.6) is 0 Å². The zero-order chi connectivity index (χ0) is 31.3. The third-order valence-corrected chi connectivity index (χ3v) is 11.3. The van der Waals surface area contributed by atoms with Gasteiger partial charge in [-0.1, -0.05) is 41.4 Å². The Labute approximate surface area is 275 Å². The number of fused-ring (bicyclic) bond motifs is 7. The Balaban J connectivity index is 1.25. The summed E-state index contributed by atoms with van der Waals surface area (Å²) in [5.41, 5.74) is 2.91. The van der Waals surface area contributed by atoms with Gasteiger partial charge in [0, 0.05) is 65.9 Å². The zero-order valence-electron chi connectivity index (χ0n) is 25.0. The van der Waals surface area contributed by atoms with Gasteiger partial charge in [-0.2, -0.15) is 0 Å². The van der Waals surface area contributed by atoms with Crippen molar-refractivity contribution in [2.24, 2.45) is 5.92 Å². The van der Waals surface area contributed by atoms with Crippen LogP contribution in [0.1, 0.15) is 58.4 Å². The number of carbonyl (C=O) groups is 2. The third kappa shape index (κ3) is 4.08. The summed E-state index contributed by atoms with van der Waals surface area (Å²) in [7, 11) is 0. The molecule has 2 amide bonds. The van der Waals surface area contributed by atoms with Crippen molar-refractivity contribution in [1.82, 2.24) is 19.4 Å². The lowest BCUT2D eigenvalue weighted by atomic mass is 9.70. The average Bonchev–Trinajstić information content (AvgIpc) is 3.65. The van der Waals surface area contributed by atoms with E-state index >= 15 is 4.39 Å². The normalized spacial score (nSPS) is 27.2. The van der Waals surface area contributed by atoms with Gasteiger partial charge < -0.3 is 19.5 Å². The Kier molecular flexibility index (Phi) is 6.55. The molecule has 1 spiro atoms. The van der Waals surface area contributed by atoms with Crippen LogP contribution in [0.15, 0.2) is 54.6 Å². The van der Waals surface area contributed by atoms with Crippen molar-refractivity contribution >= 4 is 51.7 Å². The van der Waals surface area contributed by atoms with Gasteiger partial charge in [-0.3, -0.25) is 14.5 Å². The van der Waals surface area contributed by atoms with Crippen LogP contribution < -0.4 is 5.32 Å². The van der Waals surface area contributed by atoms with E-state index in [1.807, 2.05) is 35.2 Å². The fraction of sp³-hybridized carbons (Fsp3) is 0.400. The van der Waals surface area contributed by atoms with E-state index in [9.17, 15) is 9.59 Å². The number of aryl methyl sites for hydroxylation is 1. The Bertz CT molecular complexity index is 1940. The van der Waals surface area contributed by atoms with Crippen molar-refractivity contribution in [3.05, 3.63) is 93.0 Å². The highest BCUT2D eigenvalue weighted by atomic mass is 35.5. The van der Waals surface area contributed by atoms with Crippen LogP contribution >= 0.6 is 23.2 Å². The zero-order valence-corrected chi connectivity index (χ0v) is 26.5. The summed E-state index contributed by atoms with van der Waals surface area (Å²) in [5, 5.41) is 3.69. The number of likely N-dealkylation sites (tertiary alicyclic amines) is 1. The Hall–Kier alpha value is -3.50. The molecule has 236 valence electrons. The minimum atomic E-state index is -1.19. The van der Waals surface area contributed by atoms with E-state index in [0.717, 1.165) is 48.2 Å². The van der Waals surface area contributed by atoms with Crippen molar-refractivity contribution < 1.29 is 18.7 Å². The van der Waals surface area contributed by atoms with E-state index in [0.29, 0.717) is 60.6 Å². The summed E-state index contributed by atoms with van der Waals surface area (Å²) in [6.45, 7) is 3.59. The summed E-state index contributed by atoms with van der Waals surface area (Å²) in [6.07, 6.45) is 2.97. The monoisotopic (exact) mass is 659 g/mol. The topological polar surface area (TPSA) is 79.7 Å². The number of hydrogen-bond donors (Lipinski definition) is 1. The van der Waals surface area contributed by atoms with Crippen LogP contribution in [0.25, 0.3) is 11.0 Å². The fourth-order valence-electron chi connectivity index (χ4n) is 8.68. The van der Waals surface area contributed by atoms with Gasteiger partial charge in [0.2, 0.25) is 5.91 Å². The number of carbonyl (C=O) groups excluding carboxylic acids is 2. The van der Waals surface area contributed by atoms with Gasteiger partial charge in [0.1, 0.15) is 17.2 Å². The molecule has 3 aromatic carbocycles. The van der Waals surface area contributed by atoms with Crippen LogP contribution in [0, 0.1) is 11.7 Å². The maximum atomic E-state index is 16.3. The van der Waals surface area contributed by atoms with Crippen LogP contribution in [0.2, 0.25) is 10.0 Å².